The van der Waals surface area contributed by atoms with Crippen LogP contribution in [0.3, 0.4) is 0 Å². The Labute approximate surface area is 328 Å². The molecule has 0 saturated carbocycles. The van der Waals surface area contributed by atoms with Crippen molar-refractivity contribution < 1.29 is 28.0 Å². The van der Waals surface area contributed by atoms with E-state index in [2.05, 4.69) is 43.5 Å². The van der Waals surface area contributed by atoms with E-state index in [1.165, 1.54) is 147 Å². The van der Waals surface area contributed by atoms with Crippen LogP contribution < -0.4 is 5.32 Å². The van der Waals surface area contributed by atoms with Crippen molar-refractivity contribution in [1.82, 2.24) is 5.32 Å². The molecule has 0 saturated heterocycles. The Bertz CT molecular complexity index is 995. The molecule has 8 heteroatoms. The lowest BCUT2D eigenvalue weighted by Crippen LogP contribution is -2.50. The largest absolute Gasteiger partial charge is 0.387 e. The molecular formula is C45H85NO6S. The van der Waals surface area contributed by atoms with E-state index in [-0.39, 0.29) is 6.42 Å². The molecule has 0 rings (SSSR count). The molecule has 53 heavy (non-hydrogen) atoms. The van der Waals surface area contributed by atoms with E-state index in [0.29, 0.717) is 12.8 Å². The first kappa shape index (κ1) is 51.5. The van der Waals surface area contributed by atoms with Gasteiger partial charge in [0.2, 0.25) is 5.91 Å². The quantitative estimate of drug-likeness (QED) is 0.0280. The summed E-state index contributed by atoms with van der Waals surface area (Å²) in [6.07, 6.45) is 47.7. The maximum absolute atomic E-state index is 12.6. The van der Waals surface area contributed by atoms with Crippen LogP contribution in [0.5, 0.6) is 0 Å². The summed E-state index contributed by atoms with van der Waals surface area (Å²) in [5.41, 5.74) is 0. The van der Waals surface area contributed by atoms with Gasteiger partial charge in [-0.2, -0.15) is 8.42 Å². The highest BCUT2D eigenvalue weighted by Gasteiger charge is 2.27. The van der Waals surface area contributed by atoms with Gasteiger partial charge in [-0.05, 0) is 44.9 Å². The highest BCUT2D eigenvalue weighted by Crippen LogP contribution is 2.16. The van der Waals surface area contributed by atoms with Gasteiger partial charge in [0.1, 0.15) is 6.10 Å². The standard InChI is InChI=1S/C45H85NO6S/c1-3-5-7-9-11-13-15-17-19-21-22-24-26-28-30-32-34-36-38-40-44(48)45(49)46-42(41-53(50,51)52)43(47)39-37-35-33-31-29-27-25-23-20-18-16-14-12-10-8-6-4-2/h20,23,29,31,37,39,42-44,47-48H,3-19,21-22,24-28,30,32-36,38,40-41H2,1-2H3,(H,46,49)(H,50,51,52)/b23-20+,31-29+,39-37+. The lowest BCUT2D eigenvalue weighted by Gasteiger charge is -2.22. The van der Waals surface area contributed by atoms with Crippen LogP contribution in [-0.4, -0.2) is 53.1 Å². The average molecular weight is 768 g/mol. The van der Waals surface area contributed by atoms with Crippen molar-refractivity contribution in [2.75, 3.05) is 5.75 Å². The number of rotatable bonds is 40. The predicted octanol–water partition coefficient (Wildman–Crippen LogP) is 12.3. The van der Waals surface area contributed by atoms with Gasteiger partial charge >= 0.3 is 0 Å². The van der Waals surface area contributed by atoms with Crippen LogP contribution in [0.15, 0.2) is 36.5 Å². The zero-order valence-electron chi connectivity index (χ0n) is 34.5. The summed E-state index contributed by atoms with van der Waals surface area (Å²) in [6, 6.07) is -1.25. The highest BCUT2D eigenvalue weighted by atomic mass is 32.2. The summed E-state index contributed by atoms with van der Waals surface area (Å²) >= 11 is 0. The summed E-state index contributed by atoms with van der Waals surface area (Å²) in [5.74, 6) is -1.56. The predicted molar refractivity (Wildman–Crippen MR) is 227 cm³/mol. The van der Waals surface area contributed by atoms with Crippen molar-refractivity contribution in [1.29, 1.82) is 0 Å². The van der Waals surface area contributed by atoms with Gasteiger partial charge in [0, 0.05) is 0 Å². The maximum Gasteiger partial charge on any atom is 0.267 e. The van der Waals surface area contributed by atoms with Gasteiger partial charge < -0.3 is 15.5 Å². The molecule has 4 N–H and O–H groups in total. The third-order valence-electron chi connectivity index (χ3n) is 10.2. The van der Waals surface area contributed by atoms with Gasteiger partial charge in [0.05, 0.1) is 17.9 Å². The Balaban J connectivity index is 4.03. The van der Waals surface area contributed by atoms with Crippen LogP contribution in [0.25, 0.3) is 0 Å². The molecule has 3 unspecified atom stereocenters. The zero-order valence-corrected chi connectivity index (χ0v) is 35.3. The lowest BCUT2D eigenvalue weighted by atomic mass is 10.0. The summed E-state index contributed by atoms with van der Waals surface area (Å²) in [4.78, 5) is 12.6. The number of carbonyl (C=O) groups is 1. The van der Waals surface area contributed by atoms with Crippen LogP contribution in [-0.2, 0) is 14.9 Å². The molecule has 0 aliphatic carbocycles. The number of hydrogen-bond acceptors (Lipinski definition) is 5. The minimum Gasteiger partial charge on any atom is -0.387 e. The van der Waals surface area contributed by atoms with Crippen LogP contribution in [0.4, 0.5) is 0 Å². The fraction of sp³-hybridized carbons (Fsp3) is 0.844. The molecule has 0 radical (unpaired) electrons. The third-order valence-corrected chi connectivity index (χ3v) is 10.9. The molecule has 0 aromatic rings. The number of amides is 1. The molecule has 0 aliphatic rings. The number of hydrogen-bond donors (Lipinski definition) is 4. The Morgan fingerprint density at radius 3 is 1.25 bits per heavy atom. The van der Waals surface area contributed by atoms with Crippen molar-refractivity contribution in [3.8, 4) is 0 Å². The van der Waals surface area contributed by atoms with Gasteiger partial charge in [-0.15, -0.1) is 0 Å². The van der Waals surface area contributed by atoms with Gasteiger partial charge in [0.25, 0.3) is 10.1 Å². The molecule has 0 aliphatic heterocycles. The number of unbranched alkanes of at least 4 members (excludes halogenated alkanes) is 27. The third kappa shape index (κ3) is 38.6. The molecule has 0 spiro atoms. The number of aliphatic hydroxyl groups excluding tert-OH is 2. The van der Waals surface area contributed by atoms with E-state index in [4.69, 9.17) is 0 Å². The van der Waals surface area contributed by atoms with E-state index in [0.717, 1.165) is 44.9 Å². The molecule has 7 nitrogen and oxygen atoms in total. The molecule has 0 fully saturated rings. The monoisotopic (exact) mass is 768 g/mol. The number of aliphatic hydroxyl groups is 2. The first-order valence-electron chi connectivity index (χ1n) is 22.3. The molecule has 0 bridgehead atoms. The molecule has 3 atom stereocenters. The number of allylic oxidation sites excluding steroid dienone is 5. The molecular weight excluding hydrogens is 683 g/mol. The second kappa shape index (κ2) is 38.8. The summed E-state index contributed by atoms with van der Waals surface area (Å²) in [7, 11) is -4.46. The van der Waals surface area contributed by atoms with E-state index >= 15 is 0 Å². The maximum atomic E-state index is 12.6. The molecule has 0 heterocycles. The Morgan fingerprint density at radius 2 is 0.849 bits per heavy atom. The lowest BCUT2D eigenvalue weighted by molar-refractivity contribution is -0.130. The molecule has 1 amide bonds. The van der Waals surface area contributed by atoms with Crippen LogP contribution in [0.1, 0.15) is 219 Å². The first-order valence-corrected chi connectivity index (χ1v) is 23.9. The molecule has 0 aromatic carbocycles. The van der Waals surface area contributed by atoms with E-state index in [1.807, 2.05) is 0 Å². The van der Waals surface area contributed by atoms with Crippen molar-refractivity contribution in [3.05, 3.63) is 36.5 Å². The second-order valence-electron chi connectivity index (χ2n) is 15.5. The average Bonchev–Trinajstić information content (AvgIpc) is 3.12. The Hall–Kier alpha value is -1.48. The number of carbonyl (C=O) groups excluding carboxylic acids is 1. The van der Waals surface area contributed by atoms with E-state index in [9.17, 15) is 28.0 Å². The van der Waals surface area contributed by atoms with Crippen molar-refractivity contribution >= 4 is 16.0 Å². The number of nitrogens with one attached hydrogen (secondary N) is 1. The first-order chi connectivity index (χ1) is 25.7. The van der Waals surface area contributed by atoms with Gasteiger partial charge in [0.15, 0.2) is 0 Å². The normalized spacial score (nSPS) is 14.1. The van der Waals surface area contributed by atoms with Crippen molar-refractivity contribution in [2.24, 2.45) is 0 Å². The molecule has 0 aromatic heterocycles. The SMILES string of the molecule is CCCCCCCCC/C=C/CC/C=C/CC/C=C/C(O)C(CS(=O)(=O)O)NC(=O)C(O)CCCCCCCCCCCCCCCCCCCCC. The summed E-state index contributed by atoms with van der Waals surface area (Å²) < 4.78 is 32.6. The van der Waals surface area contributed by atoms with Crippen molar-refractivity contribution in [3.63, 3.8) is 0 Å². The fourth-order valence-electron chi connectivity index (χ4n) is 6.72. The van der Waals surface area contributed by atoms with Crippen LogP contribution >= 0.6 is 0 Å². The van der Waals surface area contributed by atoms with Gasteiger partial charge in [-0.1, -0.05) is 211 Å². The highest BCUT2D eigenvalue weighted by molar-refractivity contribution is 7.85. The minimum absolute atomic E-state index is 0.274. The smallest absolute Gasteiger partial charge is 0.267 e. The summed E-state index contributed by atoms with van der Waals surface area (Å²) in [5, 5.41) is 23.4. The zero-order chi connectivity index (χ0) is 39.1. The Morgan fingerprint density at radius 1 is 0.509 bits per heavy atom. The second-order valence-corrected chi connectivity index (χ2v) is 17.0. The molecule has 312 valence electrons. The topological polar surface area (TPSA) is 124 Å². The van der Waals surface area contributed by atoms with E-state index < -0.39 is 40.0 Å². The van der Waals surface area contributed by atoms with Gasteiger partial charge in [-0.25, -0.2) is 0 Å². The van der Waals surface area contributed by atoms with Gasteiger partial charge in [-0.3, -0.25) is 9.35 Å². The van der Waals surface area contributed by atoms with Crippen LogP contribution in [0, 0.1) is 0 Å². The van der Waals surface area contributed by atoms with E-state index in [1.54, 1.807) is 6.08 Å². The van der Waals surface area contributed by atoms with Crippen molar-refractivity contribution in [2.45, 2.75) is 238 Å². The van der Waals surface area contributed by atoms with Crippen LogP contribution in [0.2, 0.25) is 0 Å². The fourth-order valence-corrected chi connectivity index (χ4v) is 7.46. The Kier molecular flexibility index (Phi) is 37.7. The minimum atomic E-state index is -4.46. The summed E-state index contributed by atoms with van der Waals surface area (Å²) in [6.45, 7) is 4.52.